The van der Waals surface area contributed by atoms with Crippen molar-refractivity contribution in [2.45, 2.75) is 6.42 Å². The lowest BCUT2D eigenvalue weighted by Crippen LogP contribution is -2.50. The number of ether oxygens (including phenoxy) is 1. The van der Waals surface area contributed by atoms with Gasteiger partial charge in [0.2, 0.25) is 0 Å². The third-order valence-electron chi connectivity index (χ3n) is 3.72. The molecule has 1 aromatic carbocycles. The van der Waals surface area contributed by atoms with Crippen molar-refractivity contribution in [3.63, 3.8) is 0 Å². The molecule has 4 nitrogen and oxygen atoms in total. The summed E-state index contributed by atoms with van der Waals surface area (Å²) in [6.45, 7) is 0.622. The maximum Gasteiger partial charge on any atom is 0.314 e. The van der Waals surface area contributed by atoms with Crippen molar-refractivity contribution in [3.05, 3.63) is 36.0 Å². The van der Waals surface area contributed by atoms with Gasteiger partial charge in [-0.25, -0.2) is 0 Å². The third kappa shape index (κ3) is 1.53. The number of aromatic nitrogens is 1. The van der Waals surface area contributed by atoms with Crippen LogP contribution in [0.5, 0.6) is 0 Å². The fraction of sp³-hybridized carbons (Fsp3) is 0.357. The van der Waals surface area contributed by atoms with Crippen molar-refractivity contribution in [1.82, 2.24) is 4.57 Å². The van der Waals surface area contributed by atoms with E-state index >= 15 is 0 Å². The van der Waals surface area contributed by atoms with E-state index in [0.717, 1.165) is 16.5 Å². The highest BCUT2D eigenvalue weighted by molar-refractivity contribution is 5.85. The predicted molar refractivity (Wildman–Crippen MR) is 67.5 cm³/mol. The average molecular weight is 245 g/mol. The zero-order valence-corrected chi connectivity index (χ0v) is 10.2. The van der Waals surface area contributed by atoms with Gasteiger partial charge in [0.15, 0.2) is 0 Å². The number of carbonyl (C=O) groups is 1. The van der Waals surface area contributed by atoms with Gasteiger partial charge in [0.25, 0.3) is 0 Å². The number of para-hydroxylation sites is 1. The van der Waals surface area contributed by atoms with Gasteiger partial charge in [-0.2, -0.15) is 0 Å². The second kappa shape index (κ2) is 3.85. The third-order valence-corrected chi connectivity index (χ3v) is 3.72. The van der Waals surface area contributed by atoms with Crippen LogP contribution in [0, 0.1) is 5.41 Å². The van der Waals surface area contributed by atoms with Crippen LogP contribution >= 0.6 is 0 Å². The van der Waals surface area contributed by atoms with Gasteiger partial charge in [-0.15, -0.1) is 0 Å². The molecule has 3 rings (SSSR count). The van der Waals surface area contributed by atoms with Crippen molar-refractivity contribution in [3.8, 4) is 0 Å². The number of hydrogen-bond donors (Lipinski definition) is 1. The normalized spacial score (nSPS) is 17.6. The molecule has 2 heterocycles. The molecule has 1 aromatic heterocycles. The van der Waals surface area contributed by atoms with E-state index in [1.807, 2.05) is 42.1 Å². The van der Waals surface area contributed by atoms with Gasteiger partial charge in [0, 0.05) is 24.1 Å². The summed E-state index contributed by atoms with van der Waals surface area (Å²) in [4.78, 5) is 11.4. The van der Waals surface area contributed by atoms with Crippen molar-refractivity contribution in [2.24, 2.45) is 12.5 Å². The van der Waals surface area contributed by atoms with E-state index in [9.17, 15) is 9.90 Å². The summed E-state index contributed by atoms with van der Waals surface area (Å²) in [6.07, 6.45) is 2.55. The highest BCUT2D eigenvalue weighted by atomic mass is 16.5. The molecule has 94 valence electrons. The van der Waals surface area contributed by atoms with Gasteiger partial charge in [-0.1, -0.05) is 18.2 Å². The first-order valence-electron chi connectivity index (χ1n) is 5.96. The Morgan fingerprint density at radius 3 is 2.78 bits per heavy atom. The Balaban J connectivity index is 2.03. The highest BCUT2D eigenvalue weighted by Crippen LogP contribution is 2.34. The van der Waals surface area contributed by atoms with Crippen LogP contribution in [0.25, 0.3) is 10.9 Å². The second-order valence-electron chi connectivity index (χ2n) is 5.04. The number of carboxylic acids is 1. The van der Waals surface area contributed by atoms with E-state index in [0.29, 0.717) is 19.6 Å². The fourth-order valence-corrected chi connectivity index (χ4v) is 2.58. The molecule has 0 bridgehead atoms. The van der Waals surface area contributed by atoms with E-state index in [1.165, 1.54) is 0 Å². The first-order valence-corrected chi connectivity index (χ1v) is 5.96. The zero-order chi connectivity index (χ0) is 12.8. The van der Waals surface area contributed by atoms with E-state index in [-0.39, 0.29) is 0 Å². The Morgan fingerprint density at radius 1 is 1.44 bits per heavy atom. The van der Waals surface area contributed by atoms with Crippen molar-refractivity contribution in [2.75, 3.05) is 13.2 Å². The Bertz CT molecular complexity index is 611. The molecular weight excluding hydrogens is 230 g/mol. The summed E-state index contributed by atoms with van der Waals surface area (Å²) in [5.41, 5.74) is 1.48. The molecule has 1 aliphatic heterocycles. The summed E-state index contributed by atoms with van der Waals surface area (Å²) < 4.78 is 7.14. The van der Waals surface area contributed by atoms with Gasteiger partial charge in [-0.05, 0) is 18.1 Å². The van der Waals surface area contributed by atoms with Gasteiger partial charge < -0.3 is 14.4 Å². The predicted octanol–water partition coefficient (Wildman–Crippen LogP) is 1.82. The van der Waals surface area contributed by atoms with E-state index in [4.69, 9.17) is 4.74 Å². The van der Waals surface area contributed by atoms with Crippen LogP contribution in [0.2, 0.25) is 0 Å². The first-order chi connectivity index (χ1) is 8.62. The number of rotatable bonds is 3. The molecule has 0 amide bonds. The van der Waals surface area contributed by atoms with Crippen LogP contribution in [-0.2, 0) is 23.0 Å². The monoisotopic (exact) mass is 245 g/mol. The molecule has 0 unspecified atom stereocenters. The topological polar surface area (TPSA) is 51.5 Å². The van der Waals surface area contributed by atoms with Crippen LogP contribution in [0.15, 0.2) is 30.5 Å². The molecule has 0 aliphatic carbocycles. The summed E-state index contributed by atoms with van der Waals surface area (Å²) in [7, 11) is 1.98. The molecule has 0 saturated carbocycles. The van der Waals surface area contributed by atoms with Crippen molar-refractivity contribution < 1.29 is 14.6 Å². The molecule has 1 aliphatic rings. The van der Waals surface area contributed by atoms with Crippen molar-refractivity contribution >= 4 is 16.9 Å². The molecule has 2 aromatic rings. The minimum Gasteiger partial charge on any atom is -0.481 e. The summed E-state index contributed by atoms with van der Waals surface area (Å²) >= 11 is 0. The minimum absolute atomic E-state index is 0.311. The Kier molecular flexibility index (Phi) is 2.41. The maximum absolute atomic E-state index is 11.4. The minimum atomic E-state index is -0.762. The van der Waals surface area contributed by atoms with Gasteiger partial charge in [0.1, 0.15) is 5.41 Å². The molecule has 1 N–H and O–H groups in total. The van der Waals surface area contributed by atoms with Crippen LogP contribution < -0.4 is 0 Å². The van der Waals surface area contributed by atoms with E-state index < -0.39 is 11.4 Å². The standard InChI is InChI=1S/C14H15NO3/c1-15-7-10(11-4-2-3-5-12(11)15)6-14(13(16)17)8-18-9-14/h2-5,7H,6,8-9H2,1H3,(H,16,17). The molecule has 1 fully saturated rings. The van der Waals surface area contributed by atoms with Gasteiger partial charge in [-0.3, -0.25) is 4.79 Å². The molecule has 18 heavy (non-hydrogen) atoms. The Morgan fingerprint density at radius 2 is 2.17 bits per heavy atom. The second-order valence-corrected chi connectivity index (χ2v) is 5.04. The lowest BCUT2D eigenvalue weighted by atomic mass is 9.80. The van der Waals surface area contributed by atoms with Crippen LogP contribution in [-0.4, -0.2) is 28.9 Å². The van der Waals surface area contributed by atoms with Crippen LogP contribution in [0.4, 0.5) is 0 Å². The first kappa shape index (κ1) is 11.3. The molecule has 0 spiro atoms. The molecule has 1 saturated heterocycles. The Hall–Kier alpha value is -1.81. The SMILES string of the molecule is Cn1cc(CC2(C(=O)O)COC2)c2ccccc21. The fourth-order valence-electron chi connectivity index (χ4n) is 2.58. The molecular formula is C14H15NO3. The quantitative estimate of drug-likeness (QED) is 0.897. The number of aliphatic carboxylic acids is 1. The zero-order valence-electron chi connectivity index (χ0n) is 10.2. The molecule has 0 atom stereocenters. The van der Waals surface area contributed by atoms with Crippen LogP contribution in [0.1, 0.15) is 5.56 Å². The molecule has 4 heteroatoms. The lowest BCUT2D eigenvalue weighted by molar-refractivity contribution is -0.179. The number of carboxylic acid groups (broad SMARTS) is 1. The highest BCUT2D eigenvalue weighted by Gasteiger charge is 2.46. The van der Waals surface area contributed by atoms with Crippen LogP contribution in [0.3, 0.4) is 0 Å². The maximum atomic E-state index is 11.4. The molecule has 0 radical (unpaired) electrons. The largest absolute Gasteiger partial charge is 0.481 e. The number of aryl methyl sites for hydroxylation is 1. The number of benzene rings is 1. The summed E-state index contributed by atoms with van der Waals surface area (Å²) in [5, 5.41) is 10.5. The van der Waals surface area contributed by atoms with Gasteiger partial charge >= 0.3 is 5.97 Å². The smallest absolute Gasteiger partial charge is 0.314 e. The van der Waals surface area contributed by atoms with Crippen molar-refractivity contribution in [1.29, 1.82) is 0 Å². The number of hydrogen-bond acceptors (Lipinski definition) is 2. The van der Waals surface area contributed by atoms with Gasteiger partial charge in [0.05, 0.1) is 13.2 Å². The van der Waals surface area contributed by atoms with E-state index in [2.05, 4.69) is 0 Å². The van der Waals surface area contributed by atoms with E-state index in [1.54, 1.807) is 0 Å². The average Bonchev–Trinajstić information content (AvgIpc) is 2.61. The lowest BCUT2D eigenvalue weighted by Gasteiger charge is -2.37. The Labute approximate surface area is 105 Å². The number of nitrogens with zero attached hydrogens (tertiary/aromatic N) is 1. The summed E-state index contributed by atoms with van der Waals surface area (Å²) in [5.74, 6) is -0.762. The summed E-state index contributed by atoms with van der Waals surface area (Å²) in [6, 6.07) is 8.06. The number of fused-ring (bicyclic) bond motifs is 1.